The van der Waals surface area contributed by atoms with Crippen LogP contribution in [0.4, 0.5) is 13.2 Å². The van der Waals surface area contributed by atoms with Crippen molar-refractivity contribution in [3.8, 4) is 11.6 Å². The van der Waals surface area contributed by atoms with Gasteiger partial charge in [0.25, 0.3) is 0 Å². The lowest BCUT2D eigenvalue weighted by Crippen LogP contribution is -2.05. The Balaban J connectivity index is 2.16. The molecule has 1 aromatic heterocycles. The van der Waals surface area contributed by atoms with Gasteiger partial charge in [0.2, 0.25) is 5.88 Å². The van der Waals surface area contributed by atoms with E-state index < -0.39 is 11.7 Å². The molecule has 2 aromatic rings. The van der Waals surface area contributed by atoms with Crippen LogP contribution < -0.4 is 4.74 Å². The van der Waals surface area contributed by atoms with E-state index in [1.54, 1.807) is 18.2 Å². The maximum Gasteiger partial charge on any atom is 0.417 e. The van der Waals surface area contributed by atoms with Crippen LogP contribution in [0.2, 0.25) is 0 Å². The smallest absolute Gasteiger partial charge is 0.417 e. The van der Waals surface area contributed by atoms with Gasteiger partial charge in [0.15, 0.2) is 0 Å². The fourth-order valence-corrected chi connectivity index (χ4v) is 1.77. The minimum absolute atomic E-state index is 0.130. The standard InChI is InChI=1S/C12H7F3INO/c13-12(14,15)8-4-5-11(17-7-8)18-10-3-1-2-9(16)6-10/h1-7H. The Morgan fingerprint density at radius 3 is 2.44 bits per heavy atom. The van der Waals surface area contributed by atoms with Crippen molar-refractivity contribution in [2.75, 3.05) is 0 Å². The average molecular weight is 365 g/mol. The van der Waals surface area contributed by atoms with Crippen LogP contribution in [0.3, 0.4) is 0 Å². The summed E-state index contributed by atoms with van der Waals surface area (Å²) in [7, 11) is 0. The molecular weight excluding hydrogens is 358 g/mol. The molecule has 2 rings (SSSR count). The molecule has 0 aliphatic carbocycles. The van der Waals surface area contributed by atoms with Gasteiger partial charge in [-0.2, -0.15) is 13.2 Å². The van der Waals surface area contributed by atoms with Crippen LogP contribution in [-0.4, -0.2) is 4.98 Å². The molecule has 0 aliphatic heterocycles. The number of alkyl halides is 3. The van der Waals surface area contributed by atoms with Crippen molar-refractivity contribution in [3.63, 3.8) is 0 Å². The summed E-state index contributed by atoms with van der Waals surface area (Å²) in [6.07, 6.45) is -3.63. The zero-order chi connectivity index (χ0) is 13.2. The number of hydrogen-bond donors (Lipinski definition) is 0. The minimum Gasteiger partial charge on any atom is -0.439 e. The third-order valence-electron chi connectivity index (χ3n) is 2.08. The number of nitrogens with zero attached hydrogens (tertiary/aromatic N) is 1. The van der Waals surface area contributed by atoms with Crippen LogP contribution in [0.5, 0.6) is 11.6 Å². The third kappa shape index (κ3) is 3.34. The van der Waals surface area contributed by atoms with Gasteiger partial charge in [0.05, 0.1) is 5.56 Å². The third-order valence-corrected chi connectivity index (χ3v) is 2.75. The highest BCUT2D eigenvalue weighted by Crippen LogP contribution is 2.30. The maximum absolute atomic E-state index is 12.3. The number of pyridine rings is 1. The first-order valence-corrected chi connectivity index (χ1v) is 6.00. The van der Waals surface area contributed by atoms with Crippen LogP contribution in [-0.2, 0) is 6.18 Å². The largest absolute Gasteiger partial charge is 0.439 e. The molecule has 18 heavy (non-hydrogen) atoms. The number of rotatable bonds is 2. The van der Waals surface area contributed by atoms with Crippen LogP contribution in [0, 0.1) is 3.57 Å². The molecule has 0 atom stereocenters. The lowest BCUT2D eigenvalue weighted by atomic mass is 10.3. The van der Waals surface area contributed by atoms with E-state index in [0.717, 1.165) is 15.8 Å². The monoisotopic (exact) mass is 365 g/mol. The predicted molar refractivity (Wildman–Crippen MR) is 68.5 cm³/mol. The fourth-order valence-electron chi connectivity index (χ4n) is 1.26. The van der Waals surface area contributed by atoms with Gasteiger partial charge >= 0.3 is 6.18 Å². The van der Waals surface area contributed by atoms with Gasteiger partial charge in [0.1, 0.15) is 5.75 Å². The van der Waals surface area contributed by atoms with Gasteiger partial charge in [-0.3, -0.25) is 0 Å². The van der Waals surface area contributed by atoms with E-state index in [1.807, 2.05) is 6.07 Å². The number of aromatic nitrogens is 1. The van der Waals surface area contributed by atoms with E-state index in [1.165, 1.54) is 6.07 Å². The normalized spacial score (nSPS) is 11.3. The minimum atomic E-state index is -4.38. The summed E-state index contributed by atoms with van der Waals surface area (Å²) in [5, 5.41) is 0. The Bertz CT molecular complexity index is 540. The Hall–Kier alpha value is -1.31. The molecule has 0 saturated heterocycles. The maximum atomic E-state index is 12.3. The number of hydrogen-bond acceptors (Lipinski definition) is 2. The van der Waals surface area contributed by atoms with Crippen LogP contribution in [0.15, 0.2) is 42.6 Å². The molecule has 0 N–H and O–H groups in total. The second-order valence-electron chi connectivity index (χ2n) is 3.44. The SMILES string of the molecule is FC(F)(F)c1ccc(Oc2cccc(I)c2)nc1. The summed E-state index contributed by atoms with van der Waals surface area (Å²) >= 11 is 2.11. The summed E-state index contributed by atoms with van der Waals surface area (Å²) in [6.45, 7) is 0. The Labute approximate surface area is 115 Å². The van der Waals surface area contributed by atoms with Crippen LogP contribution in [0.25, 0.3) is 0 Å². The number of benzene rings is 1. The van der Waals surface area contributed by atoms with E-state index in [0.29, 0.717) is 5.75 Å². The molecule has 1 heterocycles. The van der Waals surface area contributed by atoms with E-state index in [2.05, 4.69) is 27.6 Å². The topological polar surface area (TPSA) is 22.1 Å². The first-order valence-electron chi connectivity index (χ1n) is 4.92. The van der Waals surface area contributed by atoms with Crippen molar-refractivity contribution in [1.82, 2.24) is 4.98 Å². The molecule has 0 radical (unpaired) electrons. The molecule has 94 valence electrons. The molecule has 0 amide bonds. The number of halogens is 4. The molecule has 6 heteroatoms. The first-order chi connectivity index (χ1) is 8.45. The van der Waals surface area contributed by atoms with Crippen LogP contribution >= 0.6 is 22.6 Å². The zero-order valence-electron chi connectivity index (χ0n) is 8.91. The number of ether oxygens (including phenoxy) is 1. The Morgan fingerprint density at radius 2 is 1.89 bits per heavy atom. The summed E-state index contributed by atoms with van der Waals surface area (Å²) < 4.78 is 43.3. The second-order valence-corrected chi connectivity index (χ2v) is 4.69. The van der Waals surface area contributed by atoms with Crippen molar-refractivity contribution >= 4 is 22.6 Å². The van der Waals surface area contributed by atoms with Gasteiger partial charge in [0, 0.05) is 15.8 Å². The first kappa shape index (κ1) is 13.1. The van der Waals surface area contributed by atoms with Crippen molar-refractivity contribution in [2.45, 2.75) is 6.18 Å². The summed E-state index contributed by atoms with van der Waals surface area (Å²) in [5.74, 6) is 0.666. The Kier molecular flexibility index (Phi) is 3.74. The molecule has 1 aromatic carbocycles. The highest BCUT2D eigenvalue weighted by atomic mass is 127. The van der Waals surface area contributed by atoms with E-state index in [4.69, 9.17) is 4.74 Å². The molecule has 0 aliphatic rings. The lowest BCUT2D eigenvalue weighted by Gasteiger charge is -2.08. The molecule has 0 spiro atoms. The second kappa shape index (κ2) is 5.13. The predicted octanol–water partition coefficient (Wildman–Crippen LogP) is 4.50. The van der Waals surface area contributed by atoms with E-state index in [-0.39, 0.29) is 5.88 Å². The van der Waals surface area contributed by atoms with Gasteiger partial charge in [-0.05, 0) is 46.9 Å². The quantitative estimate of drug-likeness (QED) is 0.732. The Morgan fingerprint density at radius 1 is 1.11 bits per heavy atom. The fraction of sp³-hybridized carbons (Fsp3) is 0.0833. The van der Waals surface area contributed by atoms with Gasteiger partial charge < -0.3 is 4.74 Å². The highest BCUT2D eigenvalue weighted by molar-refractivity contribution is 14.1. The molecule has 0 bridgehead atoms. The molecule has 2 nitrogen and oxygen atoms in total. The van der Waals surface area contributed by atoms with E-state index in [9.17, 15) is 13.2 Å². The summed E-state index contributed by atoms with van der Waals surface area (Å²) in [4.78, 5) is 3.63. The summed E-state index contributed by atoms with van der Waals surface area (Å²) in [5.41, 5.74) is -0.794. The highest BCUT2D eigenvalue weighted by Gasteiger charge is 2.30. The molecule has 0 fully saturated rings. The van der Waals surface area contributed by atoms with E-state index >= 15 is 0 Å². The molecule has 0 saturated carbocycles. The van der Waals surface area contributed by atoms with Gasteiger partial charge in [-0.25, -0.2) is 4.98 Å². The van der Waals surface area contributed by atoms with Crippen LogP contribution in [0.1, 0.15) is 5.56 Å². The average Bonchev–Trinajstić information content (AvgIpc) is 2.28. The van der Waals surface area contributed by atoms with Crippen molar-refractivity contribution in [2.24, 2.45) is 0 Å². The van der Waals surface area contributed by atoms with Gasteiger partial charge in [-0.1, -0.05) is 6.07 Å². The van der Waals surface area contributed by atoms with Gasteiger partial charge in [-0.15, -0.1) is 0 Å². The molecule has 0 unspecified atom stereocenters. The van der Waals surface area contributed by atoms with Crippen molar-refractivity contribution < 1.29 is 17.9 Å². The zero-order valence-corrected chi connectivity index (χ0v) is 11.1. The lowest BCUT2D eigenvalue weighted by molar-refractivity contribution is -0.137. The van der Waals surface area contributed by atoms with Crippen molar-refractivity contribution in [1.29, 1.82) is 0 Å². The summed E-state index contributed by atoms with van der Waals surface area (Å²) in [6, 6.07) is 9.29. The van der Waals surface area contributed by atoms with Crippen molar-refractivity contribution in [3.05, 3.63) is 51.7 Å². The molecular formula is C12H7F3INO.